The Bertz CT molecular complexity index is 739. The van der Waals surface area contributed by atoms with Crippen molar-refractivity contribution in [2.24, 2.45) is 0 Å². The van der Waals surface area contributed by atoms with Crippen molar-refractivity contribution >= 4 is 39.9 Å². The van der Waals surface area contributed by atoms with Crippen LogP contribution in [0.3, 0.4) is 0 Å². The van der Waals surface area contributed by atoms with Crippen LogP contribution < -0.4 is 10.0 Å². The van der Waals surface area contributed by atoms with Crippen LogP contribution in [-0.4, -0.2) is 51.9 Å². The number of hydrogen-bond donors (Lipinski definition) is 2. The maximum absolute atomic E-state index is 12.8. The standard InChI is InChI=1S/C14H17ClF3N3O3S.ClH/c15-12-2-1-10(9-11(12)14(16,17)18)25(23,24)20-4-3-13(22)21-7-5-19-6-8-21;/h1-2,9,19-20H,3-8H2;1H. The van der Waals surface area contributed by atoms with Gasteiger partial charge in [0.2, 0.25) is 15.9 Å². The minimum atomic E-state index is -4.76. The second-order valence-corrected chi connectivity index (χ2v) is 7.59. The molecule has 148 valence electrons. The van der Waals surface area contributed by atoms with Gasteiger partial charge in [0.1, 0.15) is 0 Å². The summed E-state index contributed by atoms with van der Waals surface area (Å²) >= 11 is 5.47. The first-order valence-corrected chi connectivity index (χ1v) is 9.32. The van der Waals surface area contributed by atoms with E-state index in [-0.39, 0.29) is 31.3 Å². The van der Waals surface area contributed by atoms with E-state index >= 15 is 0 Å². The number of carbonyl (C=O) groups excluding carboxylic acids is 1. The summed E-state index contributed by atoms with van der Waals surface area (Å²) in [5.74, 6) is -0.212. The molecule has 0 saturated carbocycles. The van der Waals surface area contributed by atoms with Crippen LogP contribution in [0.25, 0.3) is 0 Å². The molecule has 0 atom stereocenters. The molecule has 0 aromatic heterocycles. The molecule has 26 heavy (non-hydrogen) atoms. The smallest absolute Gasteiger partial charge is 0.340 e. The molecule has 2 N–H and O–H groups in total. The van der Waals surface area contributed by atoms with E-state index in [1.807, 2.05) is 0 Å². The van der Waals surface area contributed by atoms with Gasteiger partial charge in [0.05, 0.1) is 15.5 Å². The minimum absolute atomic E-state index is 0. The number of nitrogens with zero attached hydrogens (tertiary/aromatic N) is 1. The van der Waals surface area contributed by atoms with Gasteiger partial charge in [-0.2, -0.15) is 13.2 Å². The maximum Gasteiger partial charge on any atom is 0.417 e. The van der Waals surface area contributed by atoms with Crippen LogP contribution in [0.5, 0.6) is 0 Å². The molecule has 12 heteroatoms. The monoisotopic (exact) mass is 435 g/mol. The van der Waals surface area contributed by atoms with E-state index in [1.54, 1.807) is 4.90 Å². The highest BCUT2D eigenvalue weighted by atomic mass is 35.5. The summed E-state index contributed by atoms with van der Waals surface area (Å²) in [5, 5.41) is 2.50. The predicted molar refractivity (Wildman–Crippen MR) is 93.0 cm³/mol. The topological polar surface area (TPSA) is 78.5 Å². The van der Waals surface area contributed by atoms with Gasteiger partial charge in [0, 0.05) is 39.1 Å². The molecule has 0 bridgehead atoms. The Morgan fingerprint density at radius 1 is 1.27 bits per heavy atom. The molecule has 6 nitrogen and oxygen atoms in total. The zero-order valence-corrected chi connectivity index (χ0v) is 15.9. The Labute approximate surface area is 160 Å². The quantitative estimate of drug-likeness (QED) is 0.739. The molecule has 1 aliphatic rings. The predicted octanol–water partition coefficient (Wildman–Crippen LogP) is 1.88. The largest absolute Gasteiger partial charge is 0.417 e. The van der Waals surface area contributed by atoms with Crippen LogP contribution in [0.15, 0.2) is 23.1 Å². The fourth-order valence-electron chi connectivity index (χ4n) is 2.34. The summed E-state index contributed by atoms with van der Waals surface area (Å²) in [6.45, 7) is 2.22. The van der Waals surface area contributed by atoms with Crippen molar-refractivity contribution in [3.05, 3.63) is 28.8 Å². The van der Waals surface area contributed by atoms with Crippen molar-refractivity contribution in [1.29, 1.82) is 0 Å². The highest BCUT2D eigenvalue weighted by molar-refractivity contribution is 7.89. The lowest BCUT2D eigenvalue weighted by molar-refractivity contribution is -0.137. The molecule has 0 unspecified atom stereocenters. The number of amides is 1. The molecule has 1 fully saturated rings. The molecule has 0 aliphatic carbocycles. The van der Waals surface area contributed by atoms with E-state index in [1.165, 1.54) is 0 Å². The summed E-state index contributed by atoms with van der Waals surface area (Å²) in [7, 11) is -4.18. The lowest BCUT2D eigenvalue weighted by Crippen LogP contribution is -2.47. The van der Waals surface area contributed by atoms with E-state index in [4.69, 9.17) is 11.6 Å². The van der Waals surface area contributed by atoms with Gasteiger partial charge < -0.3 is 10.2 Å². The number of benzene rings is 1. The fourth-order valence-corrected chi connectivity index (χ4v) is 3.62. The molecule has 1 heterocycles. The summed E-state index contributed by atoms with van der Waals surface area (Å²) in [6, 6.07) is 2.34. The number of carbonyl (C=O) groups is 1. The van der Waals surface area contributed by atoms with E-state index < -0.39 is 31.7 Å². The van der Waals surface area contributed by atoms with Gasteiger partial charge in [0.15, 0.2) is 0 Å². The highest BCUT2D eigenvalue weighted by Gasteiger charge is 2.34. The van der Waals surface area contributed by atoms with E-state index in [9.17, 15) is 26.4 Å². The third-order valence-corrected chi connectivity index (χ3v) is 5.44. The first-order valence-electron chi connectivity index (χ1n) is 7.46. The lowest BCUT2D eigenvalue weighted by atomic mass is 10.2. The summed E-state index contributed by atoms with van der Waals surface area (Å²) < 4.78 is 64.9. The van der Waals surface area contributed by atoms with Crippen molar-refractivity contribution in [1.82, 2.24) is 14.9 Å². The van der Waals surface area contributed by atoms with Gasteiger partial charge in [0.25, 0.3) is 0 Å². The van der Waals surface area contributed by atoms with E-state index in [0.29, 0.717) is 32.2 Å². The molecule has 2 rings (SSSR count). The van der Waals surface area contributed by atoms with E-state index in [0.717, 1.165) is 12.1 Å². The SMILES string of the molecule is Cl.O=C(CCNS(=O)(=O)c1ccc(Cl)c(C(F)(F)F)c1)N1CCNCC1. The minimum Gasteiger partial charge on any atom is -0.340 e. The molecular weight excluding hydrogens is 418 g/mol. The molecule has 1 amide bonds. The van der Waals surface area contributed by atoms with E-state index in [2.05, 4.69) is 10.0 Å². The van der Waals surface area contributed by atoms with Crippen molar-refractivity contribution < 1.29 is 26.4 Å². The Morgan fingerprint density at radius 3 is 2.46 bits per heavy atom. The van der Waals surface area contributed by atoms with Crippen LogP contribution in [0.4, 0.5) is 13.2 Å². The van der Waals surface area contributed by atoms with Crippen molar-refractivity contribution in [2.45, 2.75) is 17.5 Å². The molecule has 0 spiro atoms. The van der Waals surface area contributed by atoms with Gasteiger partial charge in [-0.05, 0) is 18.2 Å². The average Bonchev–Trinajstić information content (AvgIpc) is 2.54. The first kappa shape index (κ1) is 23.0. The molecule has 1 saturated heterocycles. The molecular formula is C14H18Cl2F3N3O3S. The normalized spacial score (nSPS) is 15.5. The third kappa shape index (κ3) is 5.98. The maximum atomic E-state index is 12.8. The molecule has 0 radical (unpaired) electrons. The Hall–Kier alpha value is -1.07. The van der Waals surface area contributed by atoms with Gasteiger partial charge >= 0.3 is 6.18 Å². The zero-order chi connectivity index (χ0) is 18.7. The highest BCUT2D eigenvalue weighted by Crippen LogP contribution is 2.35. The average molecular weight is 436 g/mol. The Kier molecular flexibility index (Phi) is 8.15. The van der Waals surface area contributed by atoms with Gasteiger partial charge in [-0.15, -0.1) is 12.4 Å². The van der Waals surface area contributed by atoms with Crippen LogP contribution in [0.2, 0.25) is 5.02 Å². The second kappa shape index (κ2) is 9.23. The number of piperazine rings is 1. The van der Waals surface area contributed by atoms with Crippen molar-refractivity contribution in [3.63, 3.8) is 0 Å². The second-order valence-electron chi connectivity index (χ2n) is 5.42. The number of hydrogen-bond acceptors (Lipinski definition) is 4. The van der Waals surface area contributed by atoms with Gasteiger partial charge in [-0.1, -0.05) is 11.6 Å². The molecule has 1 aromatic rings. The van der Waals surface area contributed by atoms with Crippen molar-refractivity contribution in [3.8, 4) is 0 Å². The van der Waals surface area contributed by atoms with Crippen LogP contribution in [0.1, 0.15) is 12.0 Å². The Balaban J connectivity index is 0.00000338. The molecule has 1 aliphatic heterocycles. The van der Waals surface area contributed by atoms with Crippen LogP contribution in [0, 0.1) is 0 Å². The van der Waals surface area contributed by atoms with Gasteiger partial charge in [-0.3, -0.25) is 4.79 Å². The number of alkyl halides is 3. The summed E-state index contributed by atoms with van der Waals surface area (Å²) in [5.41, 5.74) is -1.23. The van der Waals surface area contributed by atoms with Crippen LogP contribution in [-0.2, 0) is 21.0 Å². The molecule has 1 aromatic carbocycles. The van der Waals surface area contributed by atoms with Crippen LogP contribution >= 0.6 is 24.0 Å². The van der Waals surface area contributed by atoms with Gasteiger partial charge in [-0.25, -0.2) is 13.1 Å². The zero-order valence-electron chi connectivity index (χ0n) is 13.5. The van der Waals surface area contributed by atoms with Crippen molar-refractivity contribution in [2.75, 3.05) is 32.7 Å². The Morgan fingerprint density at radius 2 is 1.88 bits per heavy atom. The third-order valence-electron chi connectivity index (χ3n) is 3.65. The fraction of sp³-hybridized carbons (Fsp3) is 0.500. The summed E-state index contributed by atoms with van der Waals surface area (Å²) in [4.78, 5) is 13.0. The lowest BCUT2D eigenvalue weighted by Gasteiger charge is -2.27. The first-order chi connectivity index (χ1) is 11.6. The number of rotatable bonds is 5. The summed E-state index contributed by atoms with van der Waals surface area (Å²) in [6.07, 6.45) is -4.83. The number of nitrogens with one attached hydrogen (secondary N) is 2. The number of halogens is 5. The number of sulfonamides is 1.